The maximum Gasteiger partial charge on any atom is 0.148 e. The Hall–Kier alpha value is -1.39. The minimum Gasteiger partial charge on any atom is -0.308 e. The summed E-state index contributed by atoms with van der Waals surface area (Å²) in [7, 11) is 0. The molecule has 0 aliphatic heterocycles. The van der Waals surface area contributed by atoms with Gasteiger partial charge in [-0.1, -0.05) is 17.7 Å². The summed E-state index contributed by atoms with van der Waals surface area (Å²) in [6, 6.07) is 5.87. The molecule has 0 fully saturated rings. The van der Waals surface area contributed by atoms with Gasteiger partial charge in [0, 0.05) is 22.7 Å². The van der Waals surface area contributed by atoms with Crippen LogP contribution in [0.15, 0.2) is 18.2 Å². The summed E-state index contributed by atoms with van der Waals surface area (Å²) in [5.74, 6) is 1.62. The molecule has 0 aliphatic carbocycles. The molecule has 0 amide bonds. The van der Waals surface area contributed by atoms with Gasteiger partial charge in [-0.15, -0.1) is 0 Å². The number of hydrogen-bond donors (Lipinski definition) is 1. The summed E-state index contributed by atoms with van der Waals surface area (Å²) in [5.41, 5.74) is 2.05. The minimum atomic E-state index is 0.0315. The molecule has 2 aromatic rings. The second-order valence-corrected chi connectivity index (χ2v) is 6.37. The van der Waals surface area contributed by atoms with Crippen LogP contribution in [0.25, 0.3) is 5.69 Å². The fraction of sp³-hybridized carbons (Fsp3) is 0.467. The van der Waals surface area contributed by atoms with E-state index in [-0.39, 0.29) is 5.54 Å². The molecule has 0 spiro atoms. The molecule has 0 saturated heterocycles. The number of aryl methyl sites for hydroxylation is 2. The molecule has 0 atom stereocenters. The molecule has 0 unspecified atom stereocenters. The van der Waals surface area contributed by atoms with Crippen LogP contribution in [-0.2, 0) is 6.54 Å². The summed E-state index contributed by atoms with van der Waals surface area (Å²) in [6.45, 7) is 10.9. The zero-order valence-electron chi connectivity index (χ0n) is 12.7. The topological polar surface area (TPSA) is 42.7 Å². The predicted molar refractivity (Wildman–Crippen MR) is 82.4 cm³/mol. The van der Waals surface area contributed by atoms with Crippen LogP contribution in [0.1, 0.15) is 38.0 Å². The van der Waals surface area contributed by atoms with Crippen LogP contribution in [0.5, 0.6) is 0 Å². The fourth-order valence-electron chi connectivity index (χ4n) is 2.02. The Morgan fingerprint density at radius 2 is 1.95 bits per heavy atom. The smallest absolute Gasteiger partial charge is 0.148 e. The monoisotopic (exact) mass is 292 g/mol. The van der Waals surface area contributed by atoms with Gasteiger partial charge in [0.2, 0.25) is 0 Å². The minimum absolute atomic E-state index is 0.0315. The summed E-state index contributed by atoms with van der Waals surface area (Å²) in [4.78, 5) is 4.36. The van der Waals surface area contributed by atoms with Crippen LogP contribution in [0.4, 0.5) is 0 Å². The van der Waals surface area contributed by atoms with Crippen molar-refractivity contribution < 1.29 is 0 Å². The van der Waals surface area contributed by atoms with Crippen molar-refractivity contribution in [3.63, 3.8) is 0 Å². The second-order valence-electron chi connectivity index (χ2n) is 5.96. The van der Waals surface area contributed by atoms with Gasteiger partial charge in [0.1, 0.15) is 11.6 Å². The van der Waals surface area contributed by atoms with Crippen LogP contribution < -0.4 is 5.32 Å². The lowest BCUT2D eigenvalue weighted by Gasteiger charge is -2.22. The van der Waals surface area contributed by atoms with Crippen LogP contribution in [0.2, 0.25) is 5.02 Å². The lowest BCUT2D eigenvalue weighted by Crippen LogP contribution is -2.35. The van der Waals surface area contributed by atoms with Gasteiger partial charge >= 0.3 is 0 Å². The first-order valence-electron chi connectivity index (χ1n) is 6.71. The van der Waals surface area contributed by atoms with Crippen LogP contribution in [0.3, 0.4) is 0 Å². The molecule has 1 N–H and O–H groups in total. The van der Waals surface area contributed by atoms with E-state index in [0.29, 0.717) is 6.54 Å². The maximum atomic E-state index is 6.37. The molecule has 108 valence electrons. The van der Waals surface area contributed by atoms with Crippen molar-refractivity contribution >= 4 is 11.6 Å². The highest BCUT2D eigenvalue weighted by Crippen LogP contribution is 2.24. The number of benzene rings is 1. The lowest BCUT2D eigenvalue weighted by molar-refractivity contribution is 0.424. The van der Waals surface area contributed by atoms with Crippen LogP contribution >= 0.6 is 11.6 Å². The van der Waals surface area contributed by atoms with E-state index in [4.69, 9.17) is 11.6 Å². The summed E-state index contributed by atoms with van der Waals surface area (Å²) in [5, 5.41) is 8.66. The number of nitrogens with one attached hydrogen (secondary N) is 1. The molecular weight excluding hydrogens is 272 g/mol. The van der Waals surface area contributed by atoms with E-state index in [1.54, 1.807) is 0 Å². The van der Waals surface area contributed by atoms with E-state index in [1.165, 1.54) is 0 Å². The van der Waals surface area contributed by atoms with Gasteiger partial charge in [0.25, 0.3) is 0 Å². The van der Waals surface area contributed by atoms with E-state index in [0.717, 1.165) is 27.9 Å². The van der Waals surface area contributed by atoms with Gasteiger partial charge in [-0.3, -0.25) is 0 Å². The Kier molecular flexibility index (Phi) is 4.16. The Morgan fingerprint density at radius 1 is 1.25 bits per heavy atom. The number of halogens is 1. The average Bonchev–Trinajstić information content (AvgIpc) is 2.65. The molecule has 2 rings (SSSR count). The van der Waals surface area contributed by atoms with E-state index in [2.05, 4.69) is 36.2 Å². The van der Waals surface area contributed by atoms with E-state index in [9.17, 15) is 0 Å². The third-order valence-electron chi connectivity index (χ3n) is 2.99. The highest BCUT2D eigenvalue weighted by atomic mass is 35.5. The quantitative estimate of drug-likeness (QED) is 0.942. The van der Waals surface area contributed by atoms with Crippen molar-refractivity contribution in [2.75, 3.05) is 0 Å². The largest absolute Gasteiger partial charge is 0.308 e. The second kappa shape index (κ2) is 5.54. The predicted octanol–water partition coefficient (Wildman–Crippen LogP) is 3.43. The molecule has 1 aromatic carbocycles. The zero-order valence-corrected chi connectivity index (χ0v) is 13.4. The SMILES string of the molecule is Cc1nc(C)n(-c2cccc(Cl)c2CNC(C)(C)C)n1. The van der Waals surface area contributed by atoms with Gasteiger partial charge < -0.3 is 5.32 Å². The van der Waals surface area contributed by atoms with Gasteiger partial charge in [-0.05, 0) is 46.8 Å². The Morgan fingerprint density at radius 3 is 2.50 bits per heavy atom. The van der Waals surface area contributed by atoms with Crippen LogP contribution in [0, 0.1) is 13.8 Å². The molecular formula is C15H21ClN4. The first-order chi connectivity index (χ1) is 9.28. The fourth-order valence-corrected chi connectivity index (χ4v) is 2.26. The van der Waals surface area contributed by atoms with Crippen molar-refractivity contribution in [1.29, 1.82) is 0 Å². The first kappa shape index (κ1) is 15.0. The maximum absolute atomic E-state index is 6.37. The normalized spacial score (nSPS) is 11.9. The number of aromatic nitrogens is 3. The Bertz CT molecular complexity index is 611. The van der Waals surface area contributed by atoms with Crippen molar-refractivity contribution in [1.82, 2.24) is 20.1 Å². The van der Waals surface area contributed by atoms with Crippen molar-refractivity contribution in [2.24, 2.45) is 0 Å². The number of rotatable bonds is 3. The molecule has 0 aliphatic rings. The number of nitrogens with zero attached hydrogens (tertiary/aromatic N) is 3. The lowest BCUT2D eigenvalue weighted by atomic mass is 10.1. The first-order valence-corrected chi connectivity index (χ1v) is 7.09. The summed E-state index contributed by atoms with van der Waals surface area (Å²) >= 11 is 6.37. The summed E-state index contributed by atoms with van der Waals surface area (Å²) < 4.78 is 1.85. The molecule has 0 saturated carbocycles. The molecule has 0 radical (unpaired) electrons. The highest BCUT2D eigenvalue weighted by Gasteiger charge is 2.15. The molecule has 5 heteroatoms. The highest BCUT2D eigenvalue weighted by molar-refractivity contribution is 6.31. The Balaban J connectivity index is 2.43. The van der Waals surface area contributed by atoms with Crippen molar-refractivity contribution in [2.45, 2.75) is 46.7 Å². The van der Waals surface area contributed by atoms with Gasteiger partial charge in [0.05, 0.1) is 5.69 Å². The van der Waals surface area contributed by atoms with Crippen molar-refractivity contribution in [3.05, 3.63) is 40.4 Å². The molecule has 1 heterocycles. The van der Waals surface area contributed by atoms with Crippen molar-refractivity contribution in [3.8, 4) is 5.69 Å². The third kappa shape index (κ3) is 3.38. The van der Waals surface area contributed by atoms with Crippen LogP contribution in [-0.4, -0.2) is 20.3 Å². The molecule has 20 heavy (non-hydrogen) atoms. The molecule has 0 bridgehead atoms. The van der Waals surface area contributed by atoms with E-state index >= 15 is 0 Å². The van der Waals surface area contributed by atoms with Gasteiger partial charge in [-0.2, -0.15) is 5.10 Å². The van der Waals surface area contributed by atoms with E-state index in [1.807, 2.05) is 36.7 Å². The molecule has 4 nitrogen and oxygen atoms in total. The van der Waals surface area contributed by atoms with E-state index < -0.39 is 0 Å². The molecule has 1 aromatic heterocycles. The standard InChI is InChI=1S/C15H21ClN4/c1-10-18-11(2)20(19-10)14-8-6-7-13(16)12(14)9-17-15(3,4)5/h6-8,17H,9H2,1-5H3. The summed E-state index contributed by atoms with van der Waals surface area (Å²) in [6.07, 6.45) is 0. The zero-order chi connectivity index (χ0) is 14.9. The Labute approximate surface area is 125 Å². The number of hydrogen-bond acceptors (Lipinski definition) is 3. The van der Waals surface area contributed by atoms with Gasteiger partial charge in [-0.25, -0.2) is 9.67 Å². The average molecular weight is 293 g/mol. The van der Waals surface area contributed by atoms with Gasteiger partial charge in [0.15, 0.2) is 0 Å². The third-order valence-corrected chi connectivity index (χ3v) is 3.35.